The van der Waals surface area contributed by atoms with Gasteiger partial charge in [0, 0.05) is 30.3 Å². The maximum atomic E-state index is 11.8. The van der Waals surface area contributed by atoms with E-state index in [1.54, 1.807) is 11.3 Å². The molecule has 5 nitrogen and oxygen atoms in total. The average molecular weight is 298 g/mol. The van der Waals surface area contributed by atoms with Crippen molar-refractivity contribution in [1.82, 2.24) is 10.6 Å². The number of urea groups is 1. The Morgan fingerprint density at radius 3 is 2.90 bits per heavy atom. The summed E-state index contributed by atoms with van der Waals surface area (Å²) in [6, 6.07) is 4.07. The van der Waals surface area contributed by atoms with Crippen LogP contribution in [0.25, 0.3) is 0 Å². The summed E-state index contributed by atoms with van der Waals surface area (Å²) < 4.78 is 11.0. The van der Waals surface area contributed by atoms with Crippen LogP contribution in [0, 0.1) is 0 Å². The number of carbonyl (C=O) groups is 1. The molecule has 1 saturated heterocycles. The van der Waals surface area contributed by atoms with Crippen LogP contribution in [0.2, 0.25) is 0 Å². The van der Waals surface area contributed by atoms with Gasteiger partial charge in [-0.15, -0.1) is 11.3 Å². The zero-order chi connectivity index (χ0) is 14.4. The van der Waals surface area contributed by atoms with Gasteiger partial charge in [0.05, 0.1) is 13.2 Å². The fourth-order valence-electron chi connectivity index (χ4n) is 2.16. The van der Waals surface area contributed by atoms with E-state index in [4.69, 9.17) is 9.47 Å². The summed E-state index contributed by atoms with van der Waals surface area (Å²) in [5.74, 6) is -0.546. The predicted molar refractivity (Wildman–Crippen MR) is 78.9 cm³/mol. The summed E-state index contributed by atoms with van der Waals surface area (Å²) in [7, 11) is 0. The lowest BCUT2D eigenvalue weighted by molar-refractivity contribution is -0.145. The highest BCUT2D eigenvalue weighted by atomic mass is 32.1. The molecule has 1 aliphatic heterocycles. The van der Waals surface area contributed by atoms with Crippen molar-refractivity contribution in [3.05, 3.63) is 22.4 Å². The lowest BCUT2D eigenvalue weighted by atomic mass is 10.2. The molecule has 112 valence electrons. The highest BCUT2D eigenvalue weighted by Gasteiger charge is 2.30. The summed E-state index contributed by atoms with van der Waals surface area (Å²) in [5.41, 5.74) is 0. The van der Waals surface area contributed by atoms with Crippen LogP contribution in [0.5, 0.6) is 0 Å². The third kappa shape index (κ3) is 4.77. The number of hydrogen-bond acceptors (Lipinski definition) is 4. The summed E-state index contributed by atoms with van der Waals surface area (Å²) in [5, 5.41) is 7.82. The molecule has 1 fully saturated rings. The van der Waals surface area contributed by atoms with Gasteiger partial charge >= 0.3 is 6.03 Å². The molecular weight excluding hydrogens is 276 g/mol. The summed E-state index contributed by atoms with van der Waals surface area (Å²) in [4.78, 5) is 13.0. The Bertz CT molecular complexity index is 416. The SMILES string of the molecule is CC(Cc1cccs1)NC(=O)NCCC1(C)OCCO1. The highest BCUT2D eigenvalue weighted by molar-refractivity contribution is 7.09. The summed E-state index contributed by atoms with van der Waals surface area (Å²) in [6.45, 7) is 5.69. The van der Waals surface area contributed by atoms with Crippen LogP contribution in [0.3, 0.4) is 0 Å². The lowest BCUT2D eigenvalue weighted by Gasteiger charge is -2.22. The molecule has 0 spiro atoms. The quantitative estimate of drug-likeness (QED) is 0.846. The van der Waals surface area contributed by atoms with E-state index in [-0.39, 0.29) is 12.1 Å². The summed E-state index contributed by atoms with van der Waals surface area (Å²) in [6.07, 6.45) is 1.51. The Balaban J connectivity index is 1.62. The van der Waals surface area contributed by atoms with Crippen LogP contribution in [0.15, 0.2) is 17.5 Å². The molecule has 20 heavy (non-hydrogen) atoms. The van der Waals surface area contributed by atoms with Crippen molar-refractivity contribution in [1.29, 1.82) is 0 Å². The normalized spacial score (nSPS) is 18.7. The number of hydrogen-bond donors (Lipinski definition) is 2. The topological polar surface area (TPSA) is 59.6 Å². The molecule has 1 atom stereocenters. The van der Waals surface area contributed by atoms with E-state index in [0.29, 0.717) is 26.2 Å². The van der Waals surface area contributed by atoms with Crippen LogP contribution in [0.4, 0.5) is 4.79 Å². The van der Waals surface area contributed by atoms with Crippen molar-refractivity contribution < 1.29 is 14.3 Å². The van der Waals surface area contributed by atoms with Gasteiger partial charge in [-0.3, -0.25) is 0 Å². The zero-order valence-corrected chi connectivity index (χ0v) is 12.8. The van der Waals surface area contributed by atoms with E-state index in [2.05, 4.69) is 16.7 Å². The molecule has 0 bridgehead atoms. The van der Waals surface area contributed by atoms with E-state index in [9.17, 15) is 4.79 Å². The molecule has 2 rings (SSSR count). The smallest absolute Gasteiger partial charge is 0.315 e. The zero-order valence-electron chi connectivity index (χ0n) is 12.0. The van der Waals surface area contributed by atoms with Crippen molar-refractivity contribution in [2.24, 2.45) is 0 Å². The van der Waals surface area contributed by atoms with Crippen molar-refractivity contribution in [3.63, 3.8) is 0 Å². The Morgan fingerprint density at radius 2 is 2.25 bits per heavy atom. The summed E-state index contributed by atoms with van der Waals surface area (Å²) >= 11 is 1.71. The van der Waals surface area contributed by atoms with Gasteiger partial charge in [-0.25, -0.2) is 4.79 Å². The number of amides is 2. The first-order chi connectivity index (χ1) is 9.57. The van der Waals surface area contributed by atoms with E-state index >= 15 is 0 Å². The Morgan fingerprint density at radius 1 is 1.50 bits per heavy atom. The van der Waals surface area contributed by atoms with E-state index in [1.807, 2.05) is 25.3 Å². The highest BCUT2D eigenvalue weighted by Crippen LogP contribution is 2.21. The minimum atomic E-state index is -0.546. The Hall–Kier alpha value is -1.11. The second kappa shape index (κ2) is 7.06. The Labute approximate surface area is 123 Å². The maximum absolute atomic E-state index is 11.8. The molecule has 6 heteroatoms. The monoisotopic (exact) mass is 298 g/mol. The van der Waals surface area contributed by atoms with Gasteiger partial charge in [-0.2, -0.15) is 0 Å². The fraction of sp³-hybridized carbons (Fsp3) is 0.643. The first-order valence-electron chi connectivity index (χ1n) is 6.92. The number of ether oxygens (including phenoxy) is 2. The average Bonchev–Trinajstić information content (AvgIpc) is 3.01. The third-order valence-corrected chi connectivity index (χ3v) is 4.13. The standard InChI is InChI=1S/C14H22N2O3S/c1-11(10-12-4-3-9-20-12)16-13(17)15-6-5-14(2)18-7-8-19-14/h3-4,9,11H,5-8,10H2,1-2H3,(H2,15,16,17). The van der Waals surface area contributed by atoms with Crippen LogP contribution in [-0.4, -0.2) is 37.6 Å². The van der Waals surface area contributed by atoms with Crippen LogP contribution in [0.1, 0.15) is 25.1 Å². The molecule has 0 radical (unpaired) electrons. The van der Waals surface area contributed by atoms with E-state index < -0.39 is 5.79 Å². The van der Waals surface area contributed by atoms with Gasteiger partial charge in [0.15, 0.2) is 5.79 Å². The molecule has 1 aromatic heterocycles. The number of thiophene rings is 1. The molecule has 1 aliphatic rings. The minimum Gasteiger partial charge on any atom is -0.348 e. The molecule has 2 heterocycles. The van der Waals surface area contributed by atoms with Gasteiger partial charge in [0.1, 0.15) is 0 Å². The molecule has 1 unspecified atom stereocenters. The first-order valence-corrected chi connectivity index (χ1v) is 7.80. The molecule has 0 aromatic carbocycles. The van der Waals surface area contributed by atoms with Crippen molar-refractivity contribution in [3.8, 4) is 0 Å². The largest absolute Gasteiger partial charge is 0.348 e. The number of carbonyl (C=O) groups excluding carboxylic acids is 1. The van der Waals surface area contributed by atoms with Crippen LogP contribution < -0.4 is 10.6 Å². The Kier molecular flexibility index (Phi) is 5.39. The fourth-order valence-corrected chi connectivity index (χ4v) is 3.00. The minimum absolute atomic E-state index is 0.114. The van der Waals surface area contributed by atoms with Crippen LogP contribution >= 0.6 is 11.3 Å². The van der Waals surface area contributed by atoms with Crippen molar-refractivity contribution >= 4 is 17.4 Å². The van der Waals surface area contributed by atoms with E-state index in [0.717, 1.165) is 6.42 Å². The first kappa shape index (κ1) is 15.3. The molecule has 2 amide bonds. The maximum Gasteiger partial charge on any atom is 0.315 e. The van der Waals surface area contributed by atoms with Gasteiger partial charge in [-0.1, -0.05) is 6.07 Å². The number of rotatable bonds is 6. The van der Waals surface area contributed by atoms with Gasteiger partial charge in [0.25, 0.3) is 0 Å². The molecule has 0 saturated carbocycles. The molecule has 1 aromatic rings. The molecular formula is C14H22N2O3S. The van der Waals surface area contributed by atoms with Gasteiger partial charge in [0.2, 0.25) is 0 Å². The molecule has 2 N–H and O–H groups in total. The van der Waals surface area contributed by atoms with Crippen molar-refractivity contribution in [2.45, 2.75) is 38.5 Å². The van der Waals surface area contributed by atoms with Crippen molar-refractivity contribution in [2.75, 3.05) is 19.8 Å². The second-order valence-electron chi connectivity index (χ2n) is 5.17. The predicted octanol–water partition coefficient (Wildman–Crippen LogP) is 2.13. The van der Waals surface area contributed by atoms with E-state index in [1.165, 1.54) is 4.88 Å². The van der Waals surface area contributed by atoms with Gasteiger partial charge in [-0.05, 0) is 25.3 Å². The third-order valence-electron chi connectivity index (χ3n) is 3.23. The van der Waals surface area contributed by atoms with Gasteiger partial charge < -0.3 is 20.1 Å². The number of nitrogens with one attached hydrogen (secondary N) is 2. The lowest BCUT2D eigenvalue weighted by Crippen LogP contribution is -2.43. The molecule has 0 aliphatic carbocycles. The van der Waals surface area contributed by atoms with Crippen LogP contribution in [-0.2, 0) is 15.9 Å². The second-order valence-corrected chi connectivity index (χ2v) is 6.20.